The minimum absolute atomic E-state index is 0.228. The molecule has 0 unspecified atom stereocenters. The van der Waals surface area contributed by atoms with Gasteiger partial charge in [0.15, 0.2) is 0 Å². The normalized spacial score (nSPS) is 10.8. The molecular formula is C19H11F2N3OS. The van der Waals surface area contributed by atoms with Gasteiger partial charge in [-0.15, -0.1) is 11.3 Å². The van der Waals surface area contributed by atoms with Crippen LogP contribution in [0.2, 0.25) is 0 Å². The highest BCUT2D eigenvalue weighted by Crippen LogP contribution is 2.31. The number of benzene rings is 2. The molecule has 2 heterocycles. The molecule has 0 bridgehead atoms. The van der Waals surface area contributed by atoms with E-state index < -0.39 is 17.5 Å². The smallest absolute Gasteiger partial charge is 0.258 e. The van der Waals surface area contributed by atoms with E-state index in [1.54, 1.807) is 18.3 Å². The SMILES string of the molecule is O=C(Nc1cc(F)ccc1F)c1cccnc1-c1nc2ccccc2s1. The summed E-state index contributed by atoms with van der Waals surface area (Å²) in [6.07, 6.45) is 1.56. The topological polar surface area (TPSA) is 54.9 Å². The first-order chi connectivity index (χ1) is 12.6. The number of aromatic nitrogens is 2. The number of carbonyl (C=O) groups excluding carboxylic acids is 1. The van der Waals surface area contributed by atoms with Crippen molar-refractivity contribution in [3.05, 3.63) is 78.0 Å². The van der Waals surface area contributed by atoms with Crippen LogP contribution in [0.25, 0.3) is 20.9 Å². The molecule has 0 saturated heterocycles. The Labute approximate surface area is 151 Å². The Kier molecular flexibility index (Phi) is 4.14. The molecule has 0 aliphatic heterocycles. The van der Waals surface area contributed by atoms with E-state index in [0.29, 0.717) is 10.7 Å². The summed E-state index contributed by atoms with van der Waals surface area (Å²) < 4.78 is 28.1. The second-order valence-electron chi connectivity index (χ2n) is 5.46. The first-order valence-electron chi connectivity index (χ1n) is 7.69. The van der Waals surface area contributed by atoms with Crippen molar-refractivity contribution in [3.8, 4) is 10.7 Å². The summed E-state index contributed by atoms with van der Waals surface area (Å²) in [6.45, 7) is 0. The van der Waals surface area contributed by atoms with Gasteiger partial charge in [0.2, 0.25) is 0 Å². The molecule has 4 rings (SSSR count). The third kappa shape index (κ3) is 3.04. The Hall–Kier alpha value is -3.19. The molecular weight excluding hydrogens is 356 g/mol. The van der Waals surface area contributed by atoms with Gasteiger partial charge in [-0.2, -0.15) is 0 Å². The standard InChI is InChI=1S/C19H11F2N3OS/c20-11-7-8-13(21)15(10-11)23-18(25)12-4-3-9-22-17(12)19-24-14-5-1-2-6-16(14)26-19/h1-10H,(H,23,25). The van der Waals surface area contributed by atoms with Crippen LogP contribution in [0, 0.1) is 11.6 Å². The monoisotopic (exact) mass is 367 g/mol. The zero-order chi connectivity index (χ0) is 18.1. The summed E-state index contributed by atoms with van der Waals surface area (Å²) in [6, 6.07) is 13.6. The summed E-state index contributed by atoms with van der Waals surface area (Å²) in [4.78, 5) is 21.4. The Bertz CT molecular complexity index is 1090. The molecule has 1 N–H and O–H groups in total. The molecule has 2 aromatic carbocycles. The van der Waals surface area contributed by atoms with Crippen LogP contribution in [-0.2, 0) is 0 Å². The molecule has 4 nitrogen and oxygen atoms in total. The number of rotatable bonds is 3. The van der Waals surface area contributed by atoms with Gasteiger partial charge in [0.25, 0.3) is 5.91 Å². The molecule has 0 spiro atoms. The van der Waals surface area contributed by atoms with Crippen molar-refractivity contribution in [1.29, 1.82) is 0 Å². The predicted molar refractivity (Wildman–Crippen MR) is 97.2 cm³/mol. The number of thiazole rings is 1. The van der Waals surface area contributed by atoms with Gasteiger partial charge in [-0.1, -0.05) is 12.1 Å². The lowest BCUT2D eigenvalue weighted by Gasteiger charge is -2.08. The largest absolute Gasteiger partial charge is 0.319 e. The van der Waals surface area contributed by atoms with E-state index in [1.807, 2.05) is 24.3 Å². The lowest BCUT2D eigenvalue weighted by molar-refractivity contribution is 0.102. The van der Waals surface area contributed by atoms with Crippen molar-refractivity contribution in [2.45, 2.75) is 0 Å². The van der Waals surface area contributed by atoms with Crippen molar-refractivity contribution < 1.29 is 13.6 Å². The second kappa shape index (κ2) is 6.61. The minimum atomic E-state index is -0.717. The number of nitrogens with one attached hydrogen (secondary N) is 1. The van der Waals surface area contributed by atoms with Crippen LogP contribution < -0.4 is 5.32 Å². The molecule has 0 aliphatic rings. The number of nitrogens with zero attached hydrogens (tertiary/aromatic N) is 2. The molecule has 26 heavy (non-hydrogen) atoms. The van der Waals surface area contributed by atoms with E-state index in [0.717, 1.165) is 28.4 Å². The van der Waals surface area contributed by atoms with Gasteiger partial charge in [-0.3, -0.25) is 9.78 Å². The van der Waals surface area contributed by atoms with Crippen LogP contribution in [0.4, 0.5) is 14.5 Å². The lowest BCUT2D eigenvalue weighted by atomic mass is 10.1. The van der Waals surface area contributed by atoms with Gasteiger partial charge in [0, 0.05) is 12.3 Å². The van der Waals surface area contributed by atoms with Crippen molar-refractivity contribution in [2.24, 2.45) is 0 Å². The van der Waals surface area contributed by atoms with E-state index in [9.17, 15) is 13.6 Å². The summed E-state index contributed by atoms with van der Waals surface area (Å²) in [5, 5.41) is 2.97. The van der Waals surface area contributed by atoms with Crippen LogP contribution in [0.5, 0.6) is 0 Å². The number of para-hydroxylation sites is 1. The fraction of sp³-hybridized carbons (Fsp3) is 0. The second-order valence-corrected chi connectivity index (χ2v) is 6.50. The molecule has 2 aromatic heterocycles. The van der Waals surface area contributed by atoms with Gasteiger partial charge in [-0.25, -0.2) is 13.8 Å². The van der Waals surface area contributed by atoms with Crippen LogP contribution in [0.15, 0.2) is 60.8 Å². The maximum absolute atomic E-state index is 13.8. The highest BCUT2D eigenvalue weighted by atomic mass is 32.1. The van der Waals surface area contributed by atoms with E-state index in [2.05, 4.69) is 15.3 Å². The maximum Gasteiger partial charge on any atom is 0.258 e. The van der Waals surface area contributed by atoms with Crippen molar-refractivity contribution in [1.82, 2.24) is 9.97 Å². The van der Waals surface area contributed by atoms with Gasteiger partial charge < -0.3 is 5.32 Å². The number of halogens is 2. The first kappa shape index (κ1) is 16.3. The summed E-state index contributed by atoms with van der Waals surface area (Å²) >= 11 is 1.41. The Morgan fingerprint density at radius 2 is 1.88 bits per heavy atom. The van der Waals surface area contributed by atoms with Crippen LogP contribution in [-0.4, -0.2) is 15.9 Å². The van der Waals surface area contributed by atoms with Crippen molar-refractivity contribution in [3.63, 3.8) is 0 Å². The Morgan fingerprint density at radius 1 is 1.04 bits per heavy atom. The average molecular weight is 367 g/mol. The number of fused-ring (bicyclic) bond motifs is 1. The van der Waals surface area contributed by atoms with E-state index in [-0.39, 0.29) is 11.3 Å². The minimum Gasteiger partial charge on any atom is -0.319 e. The molecule has 7 heteroatoms. The van der Waals surface area contributed by atoms with E-state index in [4.69, 9.17) is 0 Å². The van der Waals surface area contributed by atoms with Gasteiger partial charge >= 0.3 is 0 Å². The maximum atomic E-state index is 13.8. The lowest BCUT2D eigenvalue weighted by Crippen LogP contribution is -2.15. The first-order valence-corrected chi connectivity index (χ1v) is 8.51. The third-order valence-corrected chi connectivity index (χ3v) is 4.77. The summed E-state index contributed by atoms with van der Waals surface area (Å²) in [7, 11) is 0. The van der Waals surface area contributed by atoms with Gasteiger partial charge in [0.1, 0.15) is 22.3 Å². The van der Waals surface area contributed by atoms with Crippen molar-refractivity contribution in [2.75, 3.05) is 5.32 Å². The van der Waals surface area contributed by atoms with Crippen molar-refractivity contribution >= 4 is 33.1 Å². The van der Waals surface area contributed by atoms with Crippen LogP contribution >= 0.6 is 11.3 Å². The summed E-state index contributed by atoms with van der Waals surface area (Å²) in [5.74, 6) is -1.94. The third-order valence-electron chi connectivity index (χ3n) is 3.73. The molecule has 0 saturated carbocycles. The molecule has 4 aromatic rings. The highest BCUT2D eigenvalue weighted by molar-refractivity contribution is 7.21. The number of carbonyl (C=O) groups is 1. The molecule has 128 valence electrons. The number of hydrogen-bond donors (Lipinski definition) is 1. The number of hydrogen-bond acceptors (Lipinski definition) is 4. The number of amides is 1. The number of pyridine rings is 1. The van der Waals surface area contributed by atoms with Gasteiger partial charge in [-0.05, 0) is 36.4 Å². The fourth-order valence-corrected chi connectivity index (χ4v) is 3.49. The zero-order valence-corrected chi connectivity index (χ0v) is 14.1. The highest BCUT2D eigenvalue weighted by Gasteiger charge is 2.18. The van der Waals surface area contributed by atoms with Gasteiger partial charge in [0.05, 0.1) is 21.5 Å². The van der Waals surface area contributed by atoms with E-state index in [1.165, 1.54) is 11.3 Å². The Balaban J connectivity index is 1.73. The fourth-order valence-electron chi connectivity index (χ4n) is 2.52. The average Bonchev–Trinajstić information content (AvgIpc) is 3.09. The molecule has 1 amide bonds. The Morgan fingerprint density at radius 3 is 2.73 bits per heavy atom. The summed E-state index contributed by atoms with van der Waals surface area (Å²) in [5.41, 5.74) is 1.20. The molecule has 0 radical (unpaired) electrons. The predicted octanol–water partition coefficient (Wildman–Crippen LogP) is 4.89. The molecule has 0 aliphatic carbocycles. The quantitative estimate of drug-likeness (QED) is 0.561. The molecule has 0 atom stereocenters. The number of anilines is 1. The molecule has 0 fully saturated rings. The van der Waals surface area contributed by atoms with E-state index >= 15 is 0 Å². The zero-order valence-electron chi connectivity index (χ0n) is 13.2. The van der Waals surface area contributed by atoms with Crippen LogP contribution in [0.1, 0.15) is 10.4 Å². The van der Waals surface area contributed by atoms with Crippen LogP contribution in [0.3, 0.4) is 0 Å².